The Hall–Kier alpha value is -1.96. The van der Waals surface area contributed by atoms with Crippen molar-refractivity contribution in [1.82, 2.24) is 4.90 Å². The van der Waals surface area contributed by atoms with E-state index < -0.39 is 29.0 Å². The number of hydrogen-bond acceptors (Lipinski definition) is 4. The minimum absolute atomic E-state index is 0.0162. The zero-order chi connectivity index (χ0) is 22.1. The van der Waals surface area contributed by atoms with Gasteiger partial charge < -0.3 is 14.4 Å². The van der Waals surface area contributed by atoms with Gasteiger partial charge in [-0.1, -0.05) is 27.7 Å². The summed E-state index contributed by atoms with van der Waals surface area (Å²) in [6.07, 6.45) is 5.41. The molecule has 28 heavy (non-hydrogen) atoms. The summed E-state index contributed by atoms with van der Waals surface area (Å²) in [5, 5.41) is 0. The molecule has 0 saturated carbocycles. The number of ether oxygens (including phenoxy) is 1. The molecule has 0 amide bonds. The third kappa shape index (κ3) is 11.7. The van der Waals surface area contributed by atoms with Crippen molar-refractivity contribution in [2.24, 2.45) is 5.92 Å². The molecule has 0 aromatic heterocycles. The van der Waals surface area contributed by atoms with Crippen molar-refractivity contribution in [3.63, 3.8) is 0 Å². The lowest BCUT2D eigenvalue weighted by atomic mass is 10.00. The van der Waals surface area contributed by atoms with E-state index in [0.29, 0.717) is 6.42 Å². The molecule has 1 aromatic carbocycles. The molecule has 0 bridgehead atoms. The standard InChI is InChI=1S/C7H2F4O2.C7H15N.C4H8O.C2H6/c8-3-1-4(9)6(11)7(5(3)10)13-2-12;1-7-3-5-8(2)6-4-7;1-2-3-4-5;1-2/h1-2H;7H,3-6H2,1-2H3;4H,2-3H2,1H3;1-2H3. The first-order valence-electron chi connectivity index (χ1n) is 9.33. The number of rotatable bonds is 4. The first kappa shape index (κ1) is 28.3. The van der Waals surface area contributed by atoms with E-state index in [-0.39, 0.29) is 12.5 Å². The van der Waals surface area contributed by atoms with Crippen LogP contribution in [-0.2, 0) is 9.59 Å². The molecule has 0 spiro atoms. The average Bonchev–Trinajstić information content (AvgIpc) is 2.69. The summed E-state index contributed by atoms with van der Waals surface area (Å²) in [6, 6.07) is 0.0162. The Morgan fingerprint density at radius 2 is 1.54 bits per heavy atom. The Morgan fingerprint density at radius 3 is 1.82 bits per heavy atom. The normalized spacial score (nSPS) is 13.6. The number of hydrogen-bond donors (Lipinski definition) is 0. The molecule has 0 aliphatic carbocycles. The first-order valence-corrected chi connectivity index (χ1v) is 9.33. The van der Waals surface area contributed by atoms with E-state index in [0.717, 1.165) is 18.6 Å². The van der Waals surface area contributed by atoms with Crippen LogP contribution in [0.4, 0.5) is 17.6 Å². The average molecular weight is 409 g/mol. The molecule has 1 heterocycles. The van der Waals surface area contributed by atoms with Gasteiger partial charge in [-0.15, -0.1) is 0 Å². The Bertz CT molecular complexity index is 527. The van der Waals surface area contributed by atoms with Crippen LogP contribution in [0.25, 0.3) is 0 Å². The van der Waals surface area contributed by atoms with Crippen LogP contribution in [0.15, 0.2) is 6.07 Å². The highest BCUT2D eigenvalue weighted by Crippen LogP contribution is 2.25. The molecule has 4 nitrogen and oxygen atoms in total. The monoisotopic (exact) mass is 409 g/mol. The van der Waals surface area contributed by atoms with Gasteiger partial charge in [-0.05, 0) is 45.3 Å². The van der Waals surface area contributed by atoms with Gasteiger partial charge in [0.25, 0.3) is 6.47 Å². The van der Waals surface area contributed by atoms with E-state index in [1.54, 1.807) is 0 Å². The highest BCUT2D eigenvalue weighted by atomic mass is 19.2. The van der Waals surface area contributed by atoms with Gasteiger partial charge in [0, 0.05) is 12.5 Å². The van der Waals surface area contributed by atoms with Crippen LogP contribution < -0.4 is 4.74 Å². The summed E-state index contributed by atoms with van der Waals surface area (Å²) < 4.78 is 53.6. The molecule has 1 aliphatic rings. The van der Waals surface area contributed by atoms with E-state index in [1.807, 2.05) is 20.8 Å². The molecule has 8 heteroatoms. The predicted octanol–water partition coefficient (Wildman–Crippen LogP) is 5.14. The fraction of sp³-hybridized carbons (Fsp3) is 0.600. The Kier molecular flexibility index (Phi) is 17.3. The Balaban J connectivity index is 0. The van der Waals surface area contributed by atoms with Crippen molar-refractivity contribution in [2.75, 3.05) is 20.1 Å². The van der Waals surface area contributed by atoms with Gasteiger partial charge in [0.15, 0.2) is 11.6 Å². The van der Waals surface area contributed by atoms with Crippen LogP contribution >= 0.6 is 0 Å². The van der Waals surface area contributed by atoms with Crippen LogP contribution in [0.1, 0.15) is 53.4 Å². The number of aldehydes is 1. The topological polar surface area (TPSA) is 46.6 Å². The van der Waals surface area contributed by atoms with E-state index in [4.69, 9.17) is 0 Å². The fourth-order valence-corrected chi connectivity index (χ4v) is 1.96. The highest BCUT2D eigenvalue weighted by Gasteiger charge is 2.20. The van der Waals surface area contributed by atoms with Crippen molar-refractivity contribution < 1.29 is 31.9 Å². The number of nitrogens with zero attached hydrogens (tertiary/aromatic N) is 1. The fourth-order valence-electron chi connectivity index (χ4n) is 1.96. The maximum absolute atomic E-state index is 12.6. The van der Waals surface area contributed by atoms with Crippen LogP contribution in [0.5, 0.6) is 5.75 Å². The smallest absolute Gasteiger partial charge is 0.298 e. The minimum Gasteiger partial charge on any atom is -0.422 e. The number of likely N-dealkylation sites (tertiary alicyclic amines) is 1. The molecule has 1 saturated heterocycles. The second-order valence-electron chi connectivity index (χ2n) is 5.95. The van der Waals surface area contributed by atoms with E-state index >= 15 is 0 Å². The van der Waals surface area contributed by atoms with Gasteiger partial charge in [0.05, 0.1) is 0 Å². The summed E-state index contributed by atoms with van der Waals surface area (Å²) in [5.74, 6) is -7.15. The predicted molar refractivity (Wildman–Crippen MR) is 101 cm³/mol. The molecule has 2 rings (SSSR count). The lowest BCUT2D eigenvalue weighted by Crippen LogP contribution is -2.28. The van der Waals surface area contributed by atoms with Gasteiger partial charge in [0.1, 0.15) is 6.29 Å². The highest BCUT2D eigenvalue weighted by molar-refractivity contribution is 5.48. The largest absolute Gasteiger partial charge is 0.422 e. The maximum Gasteiger partial charge on any atom is 0.298 e. The molecule has 0 radical (unpaired) electrons. The molecule has 1 fully saturated rings. The van der Waals surface area contributed by atoms with Gasteiger partial charge in [-0.3, -0.25) is 4.79 Å². The number of benzene rings is 1. The van der Waals surface area contributed by atoms with Crippen LogP contribution in [0.2, 0.25) is 0 Å². The Morgan fingerprint density at radius 1 is 1.07 bits per heavy atom. The van der Waals surface area contributed by atoms with Crippen molar-refractivity contribution in [2.45, 2.75) is 53.4 Å². The quantitative estimate of drug-likeness (QED) is 0.393. The number of halogens is 4. The molecule has 0 unspecified atom stereocenters. The third-order valence-corrected chi connectivity index (χ3v) is 3.65. The van der Waals surface area contributed by atoms with Crippen LogP contribution in [0, 0.1) is 29.2 Å². The number of piperidine rings is 1. The van der Waals surface area contributed by atoms with E-state index in [2.05, 4.69) is 23.6 Å². The number of unbranched alkanes of at least 4 members (excludes halogenated alkanes) is 1. The molecule has 162 valence electrons. The van der Waals surface area contributed by atoms with Gasteiger partial charge in [-0.2, -0.15) is 8.78 Å². The molecule has 0 N–H and O–H groups in total. The third-order valence-electron chi connectivity index (χ3n) is 3.65. The molecular weight excluding hydrogens is 378 g/mol. The second kappa shape index (κ2) is 17.2. The maximum atomic E-state index is 12.6. The molecule has 1 aliphatic heterocycles. The van der Waals surface area contributed by atoms with E-state index in [9.17, 15) is 27.2 Å². The van der Waals surface area contributed by atoms with Crippen molar-refractivity contribution in [3.05, 3.63) is 29.3 Å². The summed E-state index contributed by atoms with van der Waals surface area (Å²) in [4.78, 5) is 21.5. The summed E-state index contributed by atoms with van der Waals surface area (Å²) in [7, 11) is 2.20. The van der Waals surface area contributed by atoms with Gasteiger partial charge >= 0.3 is 0 Å². The van der Waals surface area contributed by atoms with Crippen molar-refractivity contribution in [1.29, 1.82) is 0 Å². The zero-order valence-electron chi connectivity index (χ0n) is 17.2. The SMILES string of the molecule is CC.CC1CCN(C)CC1.CCCC=O.O=COc1c(F)c(F)cc(F)c1F. The second-order valence-corrected chi connectivity index (χ2v) is 5.95. The van der Waals surface area contributed by atoms with Crippen molar-refractivity contribution >= 4 is 12.8 Å². The number of carbonyl (C=O) groups is 2. The lowest BCUT2D eigenvalue weighted by Gasteiger charge is -2.26. The minimum atomic E-state index is -1.74. The van der Waals surface area contributed by atoms with E-state index in [1.165, 1.54) is 25.9 Å². The van der Waals surface area contributed by atoms with Crippen molar-refractivity contribution in [3.8, 4) is 5.75 Å². The Labute approximate surface area is 164 Å². The van der Waals surface area contributed by atoms with Crippen LogP contribution in [0.3, 0.4) is 0 Å². The zero-order valence-corrected chi connectivity index (χ0v) is 17.2. The molecule has 0 atom stereocenters. The first-order chi connectivity index (χ1) is 13.3. The molecular formula is C20H31F4NO3. The summed E-state index contributed by atoms with van der Waals surface area (Å²) in [5.41, 5.74) is 0. The lowest BCUT2D eigenvalue weighted by molar-refractivity contribution is -0.121. The number of carbonyl (C=O) groups excluding carboxylic acids is 2. The summed E-state index contributed by atoms with van der Waals surface area (Å²) >= 11 is 0. The van der Waals surface area contributed by atoms with Crippen LogP contribution in [-0.4, -0.2) is 37.8 Å². The van der Waals surface area contributed by atoms with Gasteiger partial charge in [-0.25, -0.2) is 8.78 Å². The van der Waals surface area contributed by atoms with Gasteiger partial charge in [0.2, 0.25) is 17.4 Å². The summed E-state index contributed by atoms with van der Waals surface area (Å²) in [6.45, 7) is 10.6. The molecule has 1 aromatic rings.